The highest BCUT2D eigenvalue weighted by Gasteiger charge is 2.08. The number of hydrogen-bond donors (Lipinski definition) is 1. The predicted octanol–water partition coefficient (Wildman–Crippen LogP) is 4.20. The van der Waals surface area contributed by atoms with Crippen molar-refractivity contribution < 1.29 is 13.5 Å². The van der Waals surface area contributed by atoms with Gasteiger partial charge in [-0.1, -0.05) is 6.07 Å². The van der Waals surface area contributed by atoms with Gasteiger partial charge in [-0.2, -0.15) is 0 Å². The van der Waals surface area contributed by atoms with Gasteiger partial charge in [0.1, 0.15) is 17.4 Å². The number of hydrogen-bond acceptors (Lipinski definition) is 2. The molecule has 0 atom stereocenters. The third kappa shape index (κ3) is 3.07. The topological polar surface area (TPSA) is 21.3 Å². The summed E-state index contributed by atoms with van der Waals surface area (Å²) in [6.45, 7) is 4.26. The zero-order valence-corrected chi connectivity index (χ0v) is 11.8. The number of rotatable bonds is 4. The van der Waals surface area contributed by atoms with E-state index in [9.17, 15) is 8.78 Å². The van der Waals surface area contributed by atoms with E-state index >= 15 is 0 Å². The highest BCUT2D eigenvalue weighted by Crippen LogP contribution is 2.29. The number of halogens is 2. The lowest BCUT2D eigenvalue weighted by Crippen LogP contribution is -2.03. The van der Waals surface area contributed by atoms with Crippen molar-refractivity contribution in [2.75, 3.05) is 12.4 Å². The fourth-order valence-corrected chi connectivity index (χ4v) is 2.24. The number of methoxy groups -OCH3 is 1. The van der Waals surface area contributed by atoms with E-state index in [1.807, 2.05) is 26.0 Å². The van der Waals surface area contributed by atoms with Gasteiger partial charge in [0.2, 0.25) is 0 Å². The molecule has 0 aliphatic carbocycles. The Kier molecular flexibility index (Phi) is 4.23. The Bertz CT molecular complexity index is 606. The summed E-state index contributed by atoms with van der Waals surface area (Å²) in [6.07, 6.45) is 0. The Balaban J connectivity index is 2.19. The molecule has 2 rings (SSSR count). The molecule has 0 aliphatic rings. The van der Waals surface area contributed by atoms with Gasteiger partial charge < -0.3 is 10.1 Å². The second-order valence-electron chi connectivity index (χ2n) is 4.72. The Hall–Kier alpha value is -2.10. The van der Waals surface area contributed by atoms with Crippen LogP contribution in [0.5, 0.6) is 5.75 Å². The third-order valence-corrected chi connectivity index (χ3v) is 3.21. The van der Waals surface area contributed by atoms with Crippen LogP contribution >= 0.6 is 0 Å². The molecule has 0 saturated carbocycles. The number of aryl methyl sites for hydroxylation is 1. The zero-order chi connectivity index (χ0) is 14.7. The first-order valence-electron chi connectivity index (χ1n) is 6.34. The van der Waals surface area contributed by atoms with Crippen molar-refractivity contribution in [2.24, 2.45) is 0 Å². The summed E-state index contributed by atoms with van der Waals surface area (Å²) >= 11 is 0. The Morgan fingerprint density at radius 3 is 2.30 bits per heavy atom. The van der Waals surface area contributed by atoms with Crippen LogP contribution in [0.15, 0.2) is 30.3 Å². The molecule has 0 saturated heterocycles. The minimum absolute atomic E-state index is 0.349. The van der Waals surface area contributed by atoms with E-state index in [4.69, 9.17) is 4.74 Å². The van der Waals surface area contributed by atoms with Crippen LogP contribution in [0.2, 0.25) is 0 Å². The number of benzene rings is 2. The van der Waals surface area contributed by atoms with Gasteiger partial charge in [0, 0.05) is 23.9 Å². The van der Waals surface area contributed by atoms with Crippen molar-refractivity contribution in [3.05, 3.63) is 58.7 Å². The van der Waals surface area contributed by atoms with Crippen LogP contribution in [0, 0.1) is 25.5 Å². The lowest BCUT2D eigenvalue weighted by atomic mass is 10.1. The summed E-state index contributed by atoms with van der Waals surface area (Å²) in [5.74, 6) is -0.319. The van der Waals surface area contributed by atoms with Gasteiger partial charge in [-0.3, -0.25) is 0 Å². The largest absolute Gasteiger partial charge is 0.496 e. The molecule has 2 aromatic carbocycles. The van der Waals surface area contributed by atoms with E-state index in [-0.39, 0.29) is 0 Å². The molecule has 1 N–H and O–H groups in total. The van der Waals surface area contributed by atoms with Gasteiger partial charge >= 0.3 is 0 Å². The van der Waals surface area contributed by atoms with E-state index in [0.717, 1.165) is 28.6 Å². The average Bonchev–Trinajstić information content (AvgIpc) is 2.37. The van der Waals surface area contributed by atoms with Crippen LogP contribution in [-0.4, -0.2) is 7.11 Å². The molecule has 4 heteroatoms. The lowest BCUT2D eigenvalue weighted by Gasteiger charge is -2.15. The van der Waals surface area contributed by atoms with Gasteiger partial charge in [-0.15, -0.1) is 0 Å². The zero-order valence-electron chi connectivity index (χ0n) is 11.8. The summed E-state index contributed by atoms with van der Waals surface area (Å²) in [5, 5.41) is 3.17. The second-order valence-corrected chi connectivity index (χ2v) is 4.72. The van der Waals surface area contributed by atoms with E-state index in [1.165, 1.54) is 12.1 Å². The average molecular weight is 277 g/mol. The van der Waals surface area contributed by atoms with Crippen LogP contribution in [0.25, 0.3) is 0 Å². The van der Waals surface area contributed by atoms with Crippen molar-refractivity contribution in [3.8, 4) is 5.75 Å². The summed E-state index contributed by atoms with van der Waals surface area (Å²) in [6, 6.07) is 7.38. The second kappa shape index (κ2) is 5.90. The molecule has 0 unspecified atom stereocenters. The van der Waals surface area contributed by atoms with Gasteiger partial charge in [0.15, 0.2) is 0 Å². The van der Waals surface area contributed by atoms with Crippen molar-refractivity contribution >= 4 is 5.69 Å². The van der Waals surface area contributed by atoms with Crippen molar-refractivity contribution in [1.29, 1.82) is 0 Å². The molecule has 0 spiro atoms. The molecule has 2 aromatic rings. The number of anilines is 1. The van der Waals surface area contributed by atoms with Crippen molar-refractivity contribution in [1.82, 2.24) is 0 Å². The van der Waals surface area contributed by atoms with E-state index in [1.54, 1.807) is 7.11 Å². The molecular weight excluding hydrogens is 260 g/mol. The quantitative estimate of drug-likeness (QED) is 0.904. The molecule has 20 heavy (non-hydrogen) atoms. The summed E-state index contributed by atoms with van der Waals surface area (Å²) < 4.78 is 31.6. The minimum atomic E-state index is -0.569. The van der Waals surface area contributed by atoms with Crippen molar-refractivity contribution in [3.63, 3.8) is 0 Å². The molecule has 0 bridgehead atoms. The smallest absolute Gasteiger partial charge is 0.126 e. The monoisotopic (exact) mass is 277 g/mol. The Morgan fingerprint density at radius 1 is 1.05 bits per heavy atom. The molecule has 0 heterocycles. The summed E-state index contributed by atoms with van der Waals surface area (Å²) in [5.41, 5.74) is 3.47. The van der Waals surface area contributed by atoms with Crippen LogP contribution in [-0.2, 0) is 6.54 Å². The predicted molar refractivity (Wildman–Crippen MR) is 76.2 cm³/mol. The number of ether oxygens (including phenoxy) is 1. The van der Waals surface area contributed by atoms with Crippen LogP contribution in [0.4, 0.5) is 14.5 Å². The van der Waals surface area contributed by atoms with E-state index in [0.29, 0.717) is 12.1 Å². The van der Waals surface area contributed by atoms with E-state index < -0.39 is 11.6 Å². The maximum absolute atomic E-state index is 13.1. The highest BCUT2D eigenvalue weighted by atomic mass is 19.1. The maximum atomic E-state index is 13.1. The minimum Gasteiger partial charge on any atom is -0.496 e. The SMILES string of the molecule is COc1c(C)ccc(NCc2cc(F)cc(F)c2)c1C. The molecule has 0 fully saturated rings. The molecular formula is C16H17F2NO. The number of nitrogens with one attached hydrogen (secondary N) is 1. The molecule has 0 aromatic heterocycles. The fourth-order valence-electron chi connectivity index (χ4n) is 2.24. The normalized spacial score (nSPS) is 10.4. The van der Waals surface area contributed by atoms with Gasteiger partial charge in [-0.05, 0) is 43.2 Å². The summed E-state index contributed by atoms with van der Waals surface area (Å²) in [7, 11) is 1.63. The lowest BCUT2D eigenvalue weighted by molar-refractivity contribution is 0.409. The molecule has 0 aliphatic heterocycles. The molecule has 0 amide bonds. The van der Waals surface area contributed by atoms with Crippen LogP contribution in [0.3, 0.4) is 0 Å². The summed E-state index contributed by atoms with van der Waals surface area (Å²) in [4.78, 5) is 0. The Morgan fingerprint density at radius 2 is 1.70 bits per heavy atom. The van der Waals surface area contributed by atoms with E-state index in [2.05, 4.69) is 5.32 Å². The first-order chi connectivity index (χ1) is 9.51. The van der Waals surface area contributed by atoms with Crippen molar-refractivity contribution in [2.45, 2.75) is 20.4 Å². The van der Waals surface area contributed by atoms with Crippen LogP contribution < -0.4 is 10.1 Å². The van der Waals surface area contributed by atoms with Crippen LogP contribution in [0.1, 0.15) is 16.7 Å². The standard InChI is InChI=1S/C16H17F2NO/c1-10-4-5-15(11(2)16(10)20-3)19-9-12-6-13(17)8-14(18)7-12/h4-8,19H,9H2,1-3H3. The van der Waals surface area contributed by atoms with Gasteiger partial charge in [-0.25, -0.2) is 8.78 Å². The Labute approximate surface area is 117 Å². The molecule has 0 radical (unpaired) electrons. The molecule has 2 nitrogen and oxygen atoms in total. The molecule has 106 valence electrons. The fraction of sp³-hybridized carbons (Fsp3) is 0.250. The first-order valence-corrected chi connectivity index (χ1v) is 6.34. The first kappa shape index (κ1) is 14.3. The van der Waals surface area contributed by atoms with Gasteiger partial charge in [0.25, 0.3) is 0 Å². The highest BCUT2D eigenvalue weighted by molar-refractivity contribution is 5.59. The third-order valence-electron chi connectivity index (χ3n) is 3.21. The maximum Gasteiger partial charge on any atom is 0.126 e. The van der Waals surface area contributed by atoms with Gasteiger partial charge in [0.05, 0.1) is 7.11 Å².